The number of carbonyl (C=O) groups excluding carboxylic acids is 2. The molecule has 1 unspecified atom stereocenters. The number of ether oxygens (including phenoxy) is 2. The zero-order chi connectivity index (χ0) is 22.6. The fourth-order valence-corrected chi connectivity index (χ4v) is 5.44. The fourth-order valence-electron chi connectivity index (χ4n) is 3.78. The summed E-state index contributed by atoms with van der Waals surface area (Å²) in [7, 11) is -3.92. The standard InChI is InChI=1S/C21H32N2O6S/c1-12(2)9-18(20(25)22-17-7-8-28-21(17)29-16(6)24)23-30(26,27)19-14(4)10-13(3)11-15(19)5/h10-12,17-18,21,23H,7-9H2,1-6H3,(H,22,25)/t17-,18?,21-/m0/s1. The Morgan fingerprint density at radius 3 is 2.33 bits per heavy atom. The minimum Gasteiger partial charge on any atom is -0.434 e. The monoisotopic (exact) mass is 440 g/mol. The molecule has 1 aromatic rings. The second-order valence-corrected chi connectivity index (χ2v) is 9.93. The van der Waals surface area contributed by atoms with Gasteiger partial charge >= 0.3 is 5.97 Å². The van der Waals surface area contributed by atoms with Gasteiger partial charge in [0.05, 0.1) is 17.5 Å². The first kappa shape index (κ1) is 24.3. The molecule has 0 radical (unpaired) electrons. The van der Waals surface area contributed by atoms with Gasteiger partial charge in [-0.05, 0) is 50.7 Å². The van der Waals surface area contributed by atoms with Crippen molar-refractivity contribution in [3.05, 3.63) is 28.8 Å². The third-order valence-electron chi connectivity index (χ3n) is 4.84. The molecule has 0 aromatic heterocycles. The lowest BCUT2D eigenvalue weighted by Gasteiger charge is -2.25. The molecule has 2 N–H and O–H groups in total. The van der Waals surface area contributed by atoms with Gasteiger partial charge in [-0.1, -0.05) is 31.5 Å². The Kier molecular flexibility index (Phi) is 8.01. The number of amides is 1. The number of aryl methyl sites for hydroxylation is 3. The van der Waals surface area contributed by atoms with Gasteiger partial charge in [-0.15, -0.1) is 0 Å². The van der Waals surface area contributed by atoms with Crippen LogP contribution in [0.15, 0.2) is 17.0 Å². The number of sulfonamides is 1. The van der Waals surface area contributed by atoms with Gasteiger partial charge in [-0.2, -0.15) is 4.72 Å². The number of esters is 1. The highest BCUT2D eigenvalue weighted by molar-refractivity contribution is 7.89. The average molecular weight is 441 g/mol. The number of rotatable bonds is 8. The van der Waals surface area contributed by atoms with Gasteiger partial charge in [0, 0.05) is 6.92 Å². The average Bonchev–Trinajstić information content (AvgIpc) is 2.98. The third-order valence-corrected chi connectivity index (χ3v) is 6.62. The Balaban J connectivity index is 2.23. The van der Waals surface area contributed by atoms with Crippen LogP contribution in [0.1, 0.15) is 50.3 Å². The van der Waals surface area contributed by atoms with E-state index in [2.05, 4.69) is 10.0 Å². The van der Waals surface area contributed by atoms with Gasteiger partial charge in [-0.3, -0.25) is 9.59 Å². The maximum atomic E-state index is 13.1. The van der Waals surface area contributed by atoms with Gasteiger partial charge in [0.1, 0.15) is 6.04 Å². The van der Waals surface area contributed by atoms with Crippen LogP contribution in [0.2, 0.25) is 0 Å². The smallest absolute Gasteiger partial charge is 0.305 e. The summed E-state index contributed by atoms with van der Waals surface area (Å²) in [4.78, 5) is 24.4. The molecule has 9 heteroatoms. The second kappa shape index (κ2) is 9.89. The molecule has 1 saturated heterocycles. The lowest BCUT2D eigenvalue weighted by atomic mass is 10.0. The van der Waals surface area contributed by atoms with E-state index in [0.29, 0.717) is 30.6 Å². The molecule has 3 atom stereocenters. The zero-order valence-corrected chi connectivity index (χ0v) is 19.3. The minimum atomic E-state index is -3.92. The molecule has 0 bridgehead atoms. The molecule has 0 saturated carbocycles. The molecular weight excluding hydrogens is 408 g/mol. The van der Waals surface area contributed by atoms with Crippen molar-refractivity contribution in [3.8, 4) is 0 Å². The van der Waals surface area contributed by atoms with Crippen LogP contribution in [-0.2, 0) is 29.1 Å². The van der Waals surface area contributed by atoms with Crippen LogP contribution >= 0.6 is 0 Å². The molecule has 1 aromatic carbocycles. The van der Waals surface area contributed by atoms with Crippen molar-refractivity contribution < 1.29 is 27.5 Å². The number of hydrogen-bond donors (Lipinski definition) is 2. The number of benzene rings is 1. The third kappa shape index (κ3) is 6.26. The first-order chi connectivity index (χ1) is 13.9. The van der Waals surface area contributed by atoms with E-state index in [1.807, 2.05) is 20.8 Å². The van der Waals surface area contributed by atoms with Crippen LogP contribution in [0.25, 0.3) is 0 Å². The number of carbonyl (C=O) groups is 2. The van der Waals surface area contributed by atoms with Gasteiger partial charge in [0.15, 0.2) is 0 Å². The van der Waals surface area contributed by atoms with E-state index in [4.69, 9.17) is 9.47 Å². The zero-order valence-electron chi connectivity index (χ0n) is 18.4. The highest BCUT2D eigenvalue weighted by Crippen LogP contribution is 2.23. The molecule has 2 rings (SSSR count). The normalized spacial score (nSPS) is 20.2. The summed E-state index contributed by atoms with van der Waals surface area (Å²) in [6.45, 7) is 10.8. The van der Waals surface area contributed by atoms with E-state index in [1.165, 1.54) is 6.92 Å². The number of hydrogen-bond acceptors (Lipinski definition) is 6. The molecule has 1 fully saturated rings. The fraction of sp³-hybridized carbons (Fsp3) is 0.619. The van der Waals surface area contributed by atoms with Gasteiger partial charge in [0.25, 0.3) is 0 Å². The van der Waals surface area contributed by atoms with Crippen molar-refractivity contribution in [2.45, 2.75) is 77.7 Å². The largest absolute Gasteiger partial charge is 0.434 e. The highest BCUT2D eigenvalue weighted by Gasteiger charge is 2.35. The van der Waals surface area contributed by atoms with E-state index in [9.17, 15) is 18.0 Å². The van der Waals surface area contributed by atoms with Crippen LogP contribution in [0.4, 0.5) is 0 Å². The van der Waals surface area contributed by atoms with Crippen molar-refractivity contribution in [1.29, 1.82) is 0 Å². The summed E-state index contributed by atoms with van der Waals surface area (Å²) < 4.78 is 39.3. The van der Waals surface area contributed by atoms with Gasteiger partial charge < -0.3 is 14.8 Å². The van der Waals surface area contributed by atoms with Gasteiger partial charge in [-0.25, -0.2) is 8.42 Å². The molecule has 0 aliphatic carbocycles. The Bertz CT molecular complexity index is 874. The SMILES string of the molecule is CC(=O)O[C@@H]1OCC[C@@H]1NC(=O)C(CC(C)C)NS(=O)(=O)c1c(C)cc(C)cc1C. The maximum absolute atomic E-state index is 13.1. The maximum Gasteiger partial charge on any atom is 0.305 e. The van der Waals surface area contributed by atoms with E-state index >= 15 is 0 Å². The Morgan fingerprint density at radius 2 is 1.80 bits per heavy atom. The van der Waals surface area contributed by atoms with Crippen molar-refractivity contribution in [3.63, 3.8) is 0 Å². The van der Waals surface area contributed by atoms with Crippen LogP contribution < -0.4 is 10.0 Å². The Morgan fingerprint density at radius 1 is 1.20 bits per heavy atom. The predicted octanol–water partition coefficient (Wildman–Crippen LogP) is 2.10. The van der Waals surface area contributed by atoms with Crippen LogP contribution in [-0.4, -0.2) is 45.3 Å². The second-order valence-electron chi connectivity index (χ2n) is 8.28. The topological polar surface area (TPSA) is 111 Å². The van der Waals surface area contributed by atoms with Crippen LogP contribution in [0.3, 0.4) is 0 Å². The molecule has 168 valence electrons. The van der Waals surface area contributed by atoms with Gasteiger partial charge in [0.2, 0.25) is 22.2 Å². The highest BCUT2D eigenvalue weighted by atomic mass is 32.2. The minimum absolute atomic E-state index is 0.0766. The summed E-state index contributed by atoms with van der Waals surface area (Å²) >= 11 is 0. The van der Waals surface area contributed by atoms with Crippen LogP contribution in [0.5, 0.6) is 0 Å². The van der Waals surface area contributed by atoms with E-state index in [1.54, 1.807) is 26.0 Å². The van der Waals surface area contributed by atoms with Crippen molar-refractivity contribution in [1.82, 2.24) is 10.0 Å². The molecular formula is C21H32N2O6S. The van der Waals surface area contributed by atoms with Crippen molar-refractivity contribution in [2.24, 2.45) is 5.92 Å². The quantitative estimate of drug-likeness (QED) is 0.599. The van der Waals surface area contributed by atoms with Crippen molar-refractivity contribution >= 4 is 21.9 Å². The molecule has 1 amide bonds. The summed E-state index contributed by atoms with van der Waals surface area (Å²) in [5.74, 6) is -0.902. The summed E-state index contributed by atoms with van der Waals surface area (Å²) in [5, 5.41) is 2.78. The molecule has 0 spiro atoms. The Hall–Kier alpha value is -1.97. The lowest BCUT2D eigenvalue weighted by Crippen LogP contribution is -2.52. The summed E-state index contributed by atoms with van der Waals surface area (Å²) in [5.41, 5.74) is 2.23. The molecule has 30 heavy (non-hydrogen) atoms. The molecule has 1 aliphatic rings. The summed E-state index contributed by atoms with van der Waals surface area (Å²) in [6.07, 6.45) is -0.0775. The van der Waals surface area contributed by atoms with E-state index in [0.717, 1.165) is 5.56 Å². The van der Waals surface area contributed by atoms with Crippen LogP contribution in [0, 0.1) is 26.7 Å². The van der Waals surface area contributed by atoms with Crippen molar-refractivity contribution in [2.75, 3.05) is 6.61 Å². The first-order valence-corrected chi connectivity index (χ1v) is 11.6. The van der Waals surface area contributed by atoms with E-state index in [-0.39, 0.29) is 10.8 Å². The molecule has 1 aliphatic heterocycles. The summed E-state index contributed by atoms with van der Waals surface area (Å²) in [6, 6.07) is 2.12. The number of nitrogens with one attached hydrogen (secondary N) is 2. The Labute approximate surface area is 178 Å². The lowest BCUT2D eigenvalue weighted by molar-refractivity contribution is -0.170. The molecule has 1 heterocycles. The first-order valence-electron chi connectivity index (χ1n) is 10.1. The predicted molar refractivity (Wildman–Crippen MR) is 112 cm³/mol. The van der Waals surface area contributed by atoms with E-state index < -0.39 is 40.3 Å². The molecule has 8 nitrogen and oxygen atoms in total.